The van der Waals surface area contributed by atoms with Crippen molar-refractivity contribution >= 4 is 17.6 Å². The number of aryl methyl sites for hydroxylation is 1. The van der Waals surface area contributed by atoms with Crippen LogP contribution in [0.2, 0.25) is 0 Å². The van der Waals surface area contributed by atoms with E-state index in [1.54, 1.807) is 13.0 Å². The van der Waals surface area contributed by atoms with Crippen molar-refractivity contribution in [3.8, 4) is 12.3 Å². The smallest absolute Gasteiger partial charge is 0.327 e. The van der Waals surface area contributed by atoms with Crippen LogP contribution in [0.4, 0.5) is 5.82 Å². The molecule has 0 fully saturated rings. The highest BCUT2D eigenvalue weighted by Gasteiger charge is 2.17. The van der Waals surface area contributed by atoms with Crippen molar-refractivity contribution in [3.63, 3.8) is 0 Å². The van der Waals surface area contributed by atoms with Crippen LogP contribution in [0.1, 0.15) is 12.1 Å². The molecule has 7 heteroatoms. The molecule has 0 aliphatic rings. The van der Waals surface area contributed by atoms with Gasteiger partial charge < -0.3 is 10.4 Å². The predicted molar refractivity (Wildman–Crippen MR) is 64.0 cm³/mol. The van der Waals surface area contributed by atoms with Crippen LogP contribution in [0.25, 0.3) is 5.78 Å². The molecular formula is C11H11N5O2. The maximum absolute atomic E-state index is 11.0. The molecular weight excluding hydrogens is 234 g/mol. The molecule has 1 unspecified atom stereocenters. The molecule has 0 radical (unpaired) electrons. The third kappa shape index (κ3) is 2.22. The zero-order chi connectivity index (χ0) is 13.1. The van der Waals surface area contributed by atoms with Gasteiger partial charge in [-0.05, 0) is 6.92 Å². The summed E-state index contributed by atoms with van der Waals surface area (Å²) in [6.45, 7) is 1.79. The largest absolute Gasteiger partial charge is 0.480 e. The number of terminal acetylenes is 1. The topological polar surface area (TPSA) is 92.4 Å². The number of carbonyl (C=O) groups is 1. The summed E-state index contributed by atoms with van der Waals surface area (Å²) in [7, 11) is 0. The van der Waals surface area contributed by atoms with Gasteiger partial charge in [0.25, 0.3) is 5.78 Å². The van der Waals surface area contributed by atoms with Gasteiger partial charge in [-0.25, -0.2) is 9.78 Å². The van der Waals surface area contributed by atoms with Crippen molar-refractivity contribution in [1.82, 2.24) is 19.6 Å². The SMILES string of the molecule is C#CCC(Nc1cc(C)nc2ncnn12)C(=O)O. The Hall–Kier alpha value is -2.62. The number of aliphatic carboxylic acids is 1. The van der Waals surface area contributed by atoms with Crippen molar-refractivity contribution in [2.24, 2.45) is 0 Å². The van der Waals surface area contributed by atoms with Crippen LogP contribution in [0.15, 0.2) is 12.4 Å². The maximum atomic E-state index is 11.0. The molecule has 0 amide bonds. The van der Waals surface area contributed by atoms with E-state index in [9.17, 15) is 4.79 Å². The minimum absolute atomic E-state index is 0.0763. The molecule has 0 spiro atoms. The van der Waals surface area contributed by atoms with E-state index in [0.29, 0.717) is 17.3 Å². The van der Waals surface area contributed by atoms with Gasteiger partial charge in [-0.15, -0.1) is 12.3 Å². The van der Waals surface area contributed by atoms with E-state index >= 15 is 0 Å². The summed E-state index contributed by atoms with van der Waals surface area (Å²) in [5.74, 6) is 2.21. The number of hydrogen-bond acceptors (Lipinski definition) is 5. The first kappa shape index (κ1) is 11.9. The molecule has 0 aliphatic carbocycles. The predicted octanol–water partition coefficient (Wildman–Crippen LogP) is 0.321. The lowest BCUT2D eigenvalue weighted by molar-refractivity contribution is -0.137. The molecule has 2 heterocycles. The standard InChI is InChI=1S/C11H11N5O2/c1-3-4-8(10(17)18)15-9-5-7(2)14-11-12-6-13-16(9)11/h1,5-6,8,15H,4H2,2H3,(H,17,18). The summed E-state index contributed by atoms with van der Waals surface area (Å²) >= 11 is 0. The fraction of sp³-hybridized carbons (Fsp3) is 0.273. The highest BCUT2D eigenvalue weighted by Crippen LogP contribution is 2.12. The third-order valence-corrected chi connectivity index (χ3v) is 2.32. The number of aromatic nitrogens is 4. The molecule has 2 aromatic heterocycles. The van der Waals surface area contributed by atoms with Crippen molar-refractivity contribution in [3.05, 3.63) is 18.1 Å². The zero-order valence-electron chi connectivity index (χ0n) is 9.66. The van der Waals surface area contributed by atoms with Crippen molar-refractivity contribution in [2.75, 3.05) is 5.32 Å². The second-order valence-corrected chi connectivity index (χ2v) is 3.70. The Balaban J connectivity index is 2.38. The average molecular weight is 245 g/mol. The van der Waals surface area contributed by atoms with E-state index in [4.69, 9.17) is 11.5 Å². The van der Waals surface area contributed by atoms with Crippen LogP contribution in [-0.2, 0) is 4.79 Å². The average Bonchev–Trinajstić information content (AvgIpc) is 2.76. The molecule has 2 N–H and O–H groups in total. The number of hydrogen-bond donors (Lipinski definition) is 2. The Bertz CT molecular complexity index is 628. The third-order valence-electron chi connectivity index (χ3n) is 2.32. The first-order chi connectivity index (χ1) is 8.61. The highest BCUT2D eigenvalue weighted by molar-refractivity contribution is 5.77. The number of carboxylic acids is 1. The van der Waals surface area contributed by atoms with E-state index in [1.807, 2.05) is 0 Å². The van der Waals surface area contributed by atoms with Gasteiger partial charge in [0.2, 0.25) is 0 Å². The van der Waals surface area contributed by atoms with Gasteiger partial charge >= 0.3 is 5.97 Å². The van der Waals surface area contributed by atoms with Crippen LogP contribution >= 0.6 is 0 Å². The van der Waals surface area contributed by atoms with Gasteiger partial charge in [0, 0.05) is 18.2 Å². The quantitative estimate of drug-likeness (QED) is 0.754. The van der Waals surface area contributed by atoms with Crippen LogP contribution in [-0.4, -0.2) is 36.7 Å². The van der Waals surface area contributed by atoms with Gasteiger partial charge in [-0.1, -0.05) is 0 Å². The number of fused-ring (bicyclic) bond motifs is 1. The number of nitrogens with zero attached hydrogens (tertiary/aromatic N) is 4. The van der Waals surface area contributed by atoms with Crippen LogP contribution in [0.3, 0.4) is 0 Å². The molecule has 92 valence electrons. The van der Waals surface area contributed by atoms with E-state index in [0.717, 1.165) is 0 Å². The van der Waals surface area contributed by atoms with Gasteiger partial charge in [0.1, 0.15) is 18.2 Å². The molecule has 18 heavy (non-hydrogen) atoms. The van der Waals surface area contributed by atoms with Crippen molar-refractivity contribution in [2.45, 2.75) is 19.4 Å². The Kier molecular flexibility index (Phi) is 3.10. The summed E-state index contributed by atoms with van der Waals surface area (Å²) in [6, 6.07) is 0.818. The van der Waals surface area contributed by atoms with E-state index in [1.165, 1.54) is 10.8 Å². The summed E-state index contributed by atoms with van der Waals surface area (Å²) in [5, 5.41) is 15.8. The molecule has 7 nitrogen and oxygen atoms in total. The molecule has 0 saturated carbocycles. The minimum atomic E-state index is -1.02. The highest BCUT2D eigenvalue weighted by atomic mass is 16.4. The summed E-state index contributed by atoms with van der Waals surface area (Å²) in [6.07, 6.45) is 6.57. The van der Waals surface area contributed by atoms with Gasteiger partial charge in [-0.2, -0.15) is 14.6 Å². The summed E-state index contributed by atoms with van der Waals surface area (Å²) in [4.78, 5) is 19.1. The lowest BCUT2D eigenvalue weighted by Gasteiger charge is -2.14. The number of nitrogens with one attached hydrogen (secondary N) is 1. The van der Waals surface area contributed by atoms with E-state index < -0.39 is 12.0 Å². The van der Waals surface area contributed by atoms with Crippen LogP contribution in [0, 0.1) is 19.3 Å². The van der Waals surface area contributed by atoms with E-state index in [2.05, 4.69) is 26.3 Å². The number of carboxylic acid groups (broad SMARTS) is 1. The molecule has 0 aliphatic heterocycles. The molecule has 0 saturated heterocycles. The first-order valence-electron chi connectivity index (χ1n) is 5.22. The normalized spacial score (nSPS) is 12.0. The molecule has 0 aromatic carbocycles. The summed E-state index contributed by atoms with van der Waals surface area (Å²) < 4.78 is 1.43. The lowest BCUT2D eigenvalue weighted by Crippen LogP contribution is -2.29. The second kappa shape index (κ2) is 4.71. The fourth-order valence-electron chi connectivity index (χ4n) is 1.53. The van der Waals surface area contributed by atoms with Crippen LogP contribution in [0.5, 0.6) is 0 Å². The summed E-state index contributed by atoms with van der Waals surface area (Å²) in [5.41, 5.74) is 0.711. The Morgan fingerprint density at radius 1 is 1.72 bits per heavy atom. The van der Waals surface area contributed by atoms with Gasteiger partial charge in [-0.3, -0.25) is 0 Å². The Labute approximate surface area is 103 Å². The minimum Gasteiger partial charge on any atom is -0.480 e. The fourth-order valence-corrected chi connectivity index (χ4v) is 1.53. The Morgan fingerprint density at radius 3 is 3.17 bits per heavy atom. The Morgan fingerprint density at radius 2 is 2.50 bits per heavy atom. The molecule has 1 atom stereocenters. The van der Waals surface area contributed by atoms with Crippen molar-refractivity contribution in [1.29, 1.82) is 0 Å². The first-order valence-corrected chi connectivity index (χ1v) is 5.22. The van der Waals surface area contributed by atoms with Crippen molar-refractivity contribution < 1.29 is 9.90 Å². The maximum Gasteiger partial charge on any atom is 0.327 e. The number of rotatable bonds is 4. The van der Waals surface area contributed by atoms with Gasteiger partial charge in [0.15, 0.2) is 0 Å². The molecule has 2 rings (SSSR count). The van der Waals surface area contributed by atoms with Gasteiger partial charge in [0.05, 0.1) is 0 Å². The number of anilines is 1. The van der Waals surface area contributed by atoms with E-state index in [-0.39, 0.29) is 6.42 Å². The molecule has 0 bridgehead atoms. The molecule has 2 aromatic rings. The van der Waals surface area contributed by atoms with Crippen LogP contribution < -0.4 is 5.32 Å². The zero-order valence-corrected chi connectivity index (χ0v) is 9.66. The lowest BCUT2D eigenvalue weighted by atomic mass is 10.2. The second-order valence-electron chi connectivity index (χ2n) is 3.70. The monoisotopic (exact) mass is 245 g/mol.